The smallest absolute Gasteiger partial charge is 0.371 e. The van der Waals surface area contributed by atoms with E-state index in [0.717, 1.165) is 6.07 Å². The first-order chi connectivity index (χ1) is 8.99. The van der Waals surface area contributed by atoms with Crippen molar-refractivity contribution in [3.63, 3.8) is 0 Å². The molecule has 0 bridgehead atoms. The molecule has 0 amide bonds. The van der Waals surface area contributed by atoms with Gasteiger partial charge in [-0.05, 0) is 31.2 Å². The number of hydrogen-bond acceptors (Lipinski definition) is 3. The predicted octanol–water partition coefficient (Wildman–Crippen LogP) is 3.43. The van der Waals surface area contributed by atoms with Crippen molar-refractivity contribution in [3.05, 3.63) is 53.5 Å². The third-order valence-electron chi connectivity index (χ3n) is 2.59. The Kier molecular flexibility index (Phi) is 3.50. The van der Waals surface area contributed by atoms with Gasteiger partial charge in [-0.25, -0.2) is 13.6 Å². The highest BCUT2D eigenvalue weighted by Crippen LogP contribution is 2.24. The van der Waals surface area contributed by atoms with Gasteiger partial charge in [0.1, 0.15) is 5.76 Å². The van der Waals surface area contributed by atoms with Gasteiger partial charge in [-0.1, -0.05) is 6.07 Å². The van der Waals surface area contributed by atoms with Crippen molar-refractivity contribution in [3.8, 4) is 0 Å². The average molecular weight is 267 g/mol. The maximum atomic E-state index is 13.4. The lowest BCUT2D eigenvalue weighted by molar-refractivity contribution is 0.0660. The van der Waals surface area contributed by atoms with Crippen LogP contribution in [-0.4, -0.2) is 11.1 Å². The summed E-state index contributed by atoms with van der Waals surface area (Å²) in [4.78, 5) is 10.7. The highest BCUT2D eigenvalue weighted by Gasteiger charge is 2.16. The van der Waals surface area contributed by atoms with Crippen LogP contribution in [-0.2, 0) is 0 Å². The van der Waals surface area contributed by atoms with Crippen LogP contribution in [0.25, 0.3) is 0 Å². The SMILES string of the molecule is CC(Nc1cccc(F)c1F)c1ccc(C(=O)O)o1. The number of hydrogen-bond donors (Lipinski definition) is 2. The van der Waals surface area contributed by atoms with Crippen LogP contribution in [0.5, 0.6) is 0 Å². The van der Waals surface area contributed by atoms with Crippen LogP contribution >= 0.6 is 0 Å². The molecule has 19 heavy (non-hydrogen) atoms. The van der Waals surface area contributed by atoms with Crippen LogP contribution in [0.15, 0.2) is 34.7 Å². The maximum Gasteiger partial charge on any atom is 0.371 e. The number of carboxylic acid groups (broad SMARTS) is 1. The fourth-order valence-corrected chi connectivity index (χ4v) is 1.62. The van der Waals surface area contributed by atoms with E-state index in [-0.39, 0.29) is 11.4 Å². The zero-order valence-corrected chi connectivity index (χ0v) is 9.98. The maximum absolute atomic E-state index is 13.4. The van der Waals surface area contributed by atoms with Gasteiger partial charge in [0.2, 0.25) is 5.76 Å². The van der Waals surface area contributed by atoms with Crippen LogP contribution in [0.2, 0.25) is 0 Å². The van der Waals surface area contributed by atoms with E-state index in [2.05, 4.69) is 5.32 Å². The van der Waals surface area contributed by atoms with Crippen molar-refractivity contribution < 1.29 is 23.1 Å². The Balaban J connectivity index is 2.18. The van der Waals surface area contributed by atoms with Crippen LogP contribution in [0.4, 0.5) is 14.5 Å². The molecule has 0 saturated carbocycles. The molecule has 0 aliphatic heterocycles. The van der Waals surface area contributed by atoms with E-state index < -0.39 is 23.6 Å². The van der Waals surface area contributed by atoms with Crippen LogP contribution in [0.1, 0.15) is 29.3 Å². The number of halogens is 2. The highest BCUT2D eigenvalue weighted by molar-refractivity contribution is 5.84. The highest BCUT2D eigenvalue weighted by atomic mass is 19.2. The minimum atomic E-state index is -1.18. The van der Waals surface area contributed by atoms with Crippen molar-refractivity contribution in [2.75, 3.05) is 5.32 Å². The Morgan fingerprint density at radius 1 is 1.32 bits per heavy atom. The molecule has 100 valence electrons. The molecule has 1 atom stereocenters. The summed E-state index contributed by atoms with van der Waals surface area (Å²) in [5.74, 6) is -3.01. The van der Waals surface area contributed by atoms with E-state index in [1.54, 1.807) is 6.92 Å². The van der Waals surface area contributed by atoms with E-state index in [0.29, 0.717) is 5.76 Å². The standard InChI is InChI=1S/C13H11F2NO3/c1-7(10-5-6-11(19-10)13(17)18)16-9-4-2-3-8(14)12(9)15/h2-7,16H,1H3,(H,17,18). The van der Waals surface area contributed by atoms with Crippen LogP contribution in [0.3, 0.4) is 0 Å². The summed E-state index contributed by atoms with van der Waals surface area (Å²) < 4.78 is 31.5. The fourth-order valence-electron chi connectivity index (χ4n) is 1.62. The molecule has 0 radical (unpaired) electrons. The zero-order valence-electron chi connectivity index (χ0n) is 9.98. The van der Waals surface area contributed by atoms with Gasteiger partial charge in [-0.3, -0.25) is 0 Å². The summed E-state index contributed by atoms with van der Waals surface area (Å²) in [6.45, 7) is 1.65. The first kappa shape index (κ1) is 13.1. The summed E-state index contributed by atoms with van der Waals surface area (Å²) >= 11 is 0. The minimum Gasteiger partial charge on any atom is -0.475 e. The number of rotatable bonds is 4. The van der Waals surface area contributed by atoms with Crippen LogP contribution < -0.4 is 5.32 Å². The van der Waals surface area contributed by atoms with Crippen molar-refractivity contribution in [2.24, 2.45) is 0 Å². The van der Waals surface area contributed by atoms with Crippen molar-refractivity contribution in [1.82, 2.24) is 0 Å². The third-order valence-corrected chi connectivity index (χ3v) is 2.59. The second-order valence-electron chi connectivity index (χ2n) is 3.97. The topological polar surface area (TPSA) is 62.5 Å². The number of carboxylic acids is 1. The normalized spacial score (nSPS) is 12.2. The minimum absolute atomic E-state index is 0.0132. The average Bonchev–Trinajstić information content (AvgIpc) is 2.84. The largest absolute Gasteiger partial charge is 0.475 e. The Morgan fingerprint density at radius 2 is 2.05 bits per heavy atom. The Morgan fingerprint density at radius 3 is 2.68 bits per heavy atom. The van der Waals surface area contributed by atoms with E-state index in [1.165, 1.54) is 24.3 Å². The molecule has 2 aromatic rings. The first-order valence-electron chi connectivity index (χ1n) is 5.52. The lowest BCUT2D eigenvalue weighted by Gasteiger charge is -2.13. The number of nitrogens with one attached hydrogen (secondary N) is 1. The molecule has 0 spiro atoms. The van der Waals surface area contributed by atoms with Gasteiger partial charge in [0.25, 0.3) is 0 Å². The second-order valence-corrected chi connectivity index (χ2v) is 3.97. The van der Waals surface area contributed by atoms with E-state index >= 15 is 0 Å². The summed E-state index contributed by atoms with van der Waals surface area (Å²) in [6.07, 6.45) is 0. The summed E-state index contributed by atoms with van der Waals surface area (Å²) in [5.41, 5.74) is -0.0132. The van der Waals surface area contributed by atoms with Gasteiger partial charge >= 0.3 is 5.97 Å². The molecule has 0 saturated heterocycles. The summed E-state index contributed by atoms with van der Waals surface area (Å²) in [6, 6.07) is 6.05. The van der Waals surface area contributed by atoms with Crippen molar-refractivity contribution in [2.45, 2.75) is 13.0 Å². The van der Waals surface area contributed by atoms with Gasteiger partial charge < -0.3 is 14.8 Å². The molecular weight excluding hydrogens is 256 g/mol. The molecule has 1 heterocycles. The molecule has 2 N–H and O–H groups in total. The van der Waals surface area contributed by atoms with Gasteiger partial charge in [0.15, 0.2) is 11.6 Å². The molecule has 1 aromatic carbocycles. The molecular formula is C13H11F2NO3. The second kappa shape index (κ2) is 5.09. The molecule has 1 unspecified atom stereocenters. The van der Waals surface area contributed by atoms with Gasteiger partial charge in [0.05, 0.1) is 11.7 Å². The number of furan rings is 1. The zero-order chi connectivity index (χ0) is 14.0. The molecule has 0 aliphatic carbocycles. The molecule has 4 nitrogen and oxygen atoms in total. The summed E-state index contributed by atoms with van der Waals surface area (Å²) in [5, 5.41) is 11.4. The number of benzene rings is 1. The van der Waals surface area contributed by atoms with E-state index in [9.17, 15) is 13.6 Å². The van der Waals surface area contributed by atoms with Crippen molar-refractivity contribution >= 4 is 11.7 Å². The molecule has 0 fully saturated rings. The fraction of sp³-hybridized carbons (Fsp3) is 0.154. The van der Waals surface area contributed by atoms with Crippen LogP contribution in [0, 0.1) is 11.6 Å². The molecule has 2 rings (SSSR count). The molecule has 0 aliphatic rings. The quantitative estimate of drug-likeness (QED) is 0.890. The predicted molar refractivity (Wildman–Crippen MR) is 64.1 cm³/mol. The van der Waals surface area contributed by atoms with Crippen molar-refractivity contribution in [1.29, 1.82) is 0 Å². The van der Waals surface area contributed by atoms with Gasteiger partial charge in [0, 0.05) is 0 Å². The van der Waals surface area contributed by atoms with E-state index in [4.69, 9.17) is 9.52 Å². The Labute approximate surface area is 107 Å². The number of aromatic carboxylic acids is 1. The molecule has 1 aromatic heterocycles. The monoisotopic (exact) mass is 267 g/mol. The van der Waals surface area contributed by atoms with Gasteiger partial charge in [-0.15, -0.1) is 0 Å². The third kappa shape index (κ3) is 2.73. The lowest BCUT2D eigenvalue weighted by atomic mass is 10.2. The lowest BCUT2D eigenvalue weighted by Crippen LogP contribution is -2.08. The Hall–Kier alpha value is -2.37. The number of carbonyl (C=O) groups is 1. The molecule has 6 heteroatoms. The van der Waals surface area contributed by atoms with Gasteiger partial charge in [-0.2, -0.15) is 0 Å². The first-order valence-corrected chi connectivity index (χ1v) is 5.52. The number of anilines is 1. The summed E-state index contributed by atoms with van der Waals surface area (Å²) in [7, 11) is 0. The van der Waals surface area contributed by atoms with E-state index in [1.807, 2.05) is 0 Å². The Bertz CT molecular complexity index is 610.